The number of aromatic nitrogens is 3. The highest BCUT2D eigenvalue weighted by Gasteiger charge is 2.46. The fourth-order valence-corrected chi connectivity index (χ4v) is 7.53. The van der Waals surface area contributed by atoms with Gasteiger partial charge in [0.15, 0.2) is 0 Å². The van der Waals surface area contributed by atoms with E-state index in [-0.39, 0.29) is 41.3 Å². The number of hydrogen-bond donors (Lipinski definition) is 4. The Balaban J connectivity index is 0.845. The molecule has 2 fully saturated rings. The molecule has 2 saturated heterocycles. The quantitative estimate of drug-likeness (QED) is 0.150. The van der Waals surface area contributed by atoms with Gasteiger partial charge in [-0.1, -0.05) is 30.3 Å². The van der Waals surface area contributed by atoms with Crippen molar-refractivity contribution in [3.63, 3.8) is 0 Å². The van der Waals surface area contributed by atoms with Crippen LogP contribution in [0, 0.1) is 6.92 Å². The minimum absolute atomic E-state index is 0.0000442. The van der Waals surface area contributed by atoms with Crippen LogP contribution in [-0.4, -0.2) is 97.3 Å². The summed E-state index contributed by atoms with van der Waals surface area (Å²) in [7, 11) is 0. The first-order valence-electron chi connectivity index (χ1n) is 19.2. The molecule has 2 aromatic heterocycles. The number of hydrogen-bond acceptors (Lipinski definition) is 12. The maximum atomic E-state index is 13.7. The number of fused-ring (bicyclic) bond motifs is 1. The number of nitrogens with two attached hydrogens (primary N) is 1. The Hall–Kier alpha value is -7.17. The van der Waals surface area contributed by atoms with E-state index in [9.17, 15) is 28.8 Å². The number of nitrogens with zero attached hydrogens (tertiary/aromatic N) is 6. The average Bonchev–Trinajstić information content (AvgIpc) is 3.51. The van der Waals surface area contributed by atoms with Crippen LogP contribution in [0.15, 0.2) is 97.5 Å². The van der Waals surface area contributed by atoms with Crippen LogP contribution in [-0.2, 0) is 20.9 Å². The fraction of sp³-hybridized carbons (Fsp3) is 0.233. The van der Waals surface area contributed by atoms with E-state index in [0.29, 0.717) is 49.9 Å². The van der Waals surface area contributed by atoms with E-state index >= 15 is 0 Å². The molecule has 5 heterocycles. The highest BCUT2D eigenvalue weighted by molar-refractivity contribution is 6.24. The van der Waals surface area contributed by atoms with Gasteiger partial charge < -0.3 is 21.3 Å². The first-order chi connectivity index (χ1) is 28.5. The summed E-state index contributed by atoms with van der Waals surface area (Å²) in [5.41, 5.74) is 12.2. The fourth-order valence-electron chi connectivity index (χ4n) is 7.53. The molecule has 0 spiro atoms. The molecule has 3 aromatic carbocycles. The zero-order valence-corrected chi connectivity index (χ0v) is 32.1. The van der Waals surface area contributed by atoms with Crippen molar-refractivity contribution in [3.8, 4) is 11.3 Å². The van der Waals surface area contributed by atoms with E-state index in [1.54, 1.807) is 47.8 Å². The average molecular weight is 793 g/mol. The number of aryl methyl sites for hydroxylation is 1. The summed E-state index contributed by atoms with van der Waals surface area (Å²) in [6.07, 6.45) is 5.14. The van der Waals surface area contributed by atoms with Gasteiger partial charge in [0.1, 0.15) is 12.1 Å². The van der Waals surface area contributed by atoms with Crippen molar-refractivity contribution in [2.75, 3.05) is 36.8 Å². The number of pyridine rings is 1. The van der Waals surface area contributed by atoms with Crippen molar-refractivity contribution in [1.29, 1.82) is 0 Å². The topological polar surface area (TPSA) is 213 Å². The van der Waals surface area contributed by atoms with E-state index in [4.69, 9.17) is 5.73 Å². The Morgan fingerprint density at radius 2 is 1.71 bits per heavy atom. The number of benzene rings is 3. The lowest BCUT2D eigenvalue weighted by molar-refractivity contribution is -0.136. The second-order valence-electron chi connectivity index (χ2n) is 14.6. The molecule has 2 atom stereocenters. The standard InChI is InChI=1S/C43H40N10O6/c1-25-7-12-29(22-33(25)49-43-46-17-15-32(48-43)28-4-3-16-45-23-28)47-38(55)27-10-8-26(9-11-27)24-51-18-20-52(21-19-51)42(59)37(44)30-5-2-6-31-36(30)41(58)53(40(31)57)34-13-14-35(54)50-39(34)56/h2-12,15-17,22-23,34,37H,13-14,18-21,24,44H2,1H3,(H,47,55)(H,46,48,49)(H,50,54,56). The molecule has 0 bridgehead atoms. The molecular formula is C43H40N10O6. The summed E-state index contributed by atoms with van der Waals surface area (Å²) < 4.78 is 0. The summed E-state index contributed by atoms with van der Waals surface area (Å²) in [5, 5.41) is 8.42. The number of rotatable bonds is 10. The number of imide groups is 2. The minimum atomic E-state index is -1.21. The Kier molecular flexibility index (Phi) is 10.7. The lowest BCUT2D eigenvalue weighted by Crippen LogP contribution is -2.54. The van der Waals surface area contributed by atoms with Crippen LogP contribution in [0.2, 0.25) is 0 Å². The van der Waals surface area contributed by atoms with Crippen molar-refractivity contribution < 1.29 is 28.8 Å². The zero-order valence-electron chi connectivity index (χ0n) is 32.1. The molecule has 5 aromatic rings. The van der Waals surface area contributed by atoms with Gasteiger partial charge >= 0.3 is 0 Å². The van der Waals surface area contributed by atoms with Crippen molar-refractivity contribution in [3.05, 3.63) is 131 Å². The highest BCUT2D eigenvalue weighted by atomic mass is 16.2. The Morgan fingerprint density at radius 3 is 2.46 bits per heavy atom. The number of nitrogens with one attached hydrogen (secondary N) is 3. The Morgan fingerprint density at radius 1 is 0.915 bits per heavy atom. The smallest absolute Gasteiger partial charge is 0.262 e. The molecule has 3 aliphatic rings. The minimum Gasteiger partial charge on any atom is -0.338 e. The summed E-state index contributed by atoms with van der Waals surface area (Å²) in [5.74, 6) is -2.77. The summed E-state index contributed by atoms with van der Waals surface area (Å²) >= 11 is 0. The molecule has 0 radical (unpaired) electrons. The molecule has 3 aliphatic heterocycles. The van der Waals surface area contributed by atoms with Crippen LogP contribution in [0.3, 0.4) is 0 Å². The van der Waals surface area contributed by atoms with Gasteiger partial charge in [-0.2, -0.15) is 0 Å². The van der Waals surface area contributed by atoms with Crippen LogP contribution in [0.1, 0.15) is 66.6 Å². The molecule has 6 amide bonds. The van der Waals surface area contributed by atoms with E-state index in [1.807, 2.05) is 55.5 Å². The molecule has 16 heteroatoms. The molecule has 0 saturated carbocycles. The largest absolute Gasteiger partial charge is 0.338 e. The molecule has 0 aliphatic carbocycles. The van der Waals surface area contributed by atoms with E-state index in [1.165, 1.54) is 6.07 Å². The predicted octanol–water partition coefficient (Wildman–Crippen LogP) is 3.59. The van der Waals surface area contributed by atoms with Gasteiger partial charge in [0.05, 0.1) is 16.8 Å². The van der Waals surface area contributed by atoms with Crippen molar-refractivity contribution in [1.82, 2.24) is 35.0 Å². The molecule has 16 nitrogen and oxygen atoms in total. The Labute approximate surface area is 338 Å². The molecule has 8 rings (SSSR count). The number of carbonyl (C=O) groups is 6. The Bertz CT molecular complexity index is 2490. The number of amides is 6. The first kappa shape index (κ1) is 38.7. The van der Waals surface area contributed by atoms with Gasteiger partial charge in [0.25, 0.3) is 17.7 Å². The molecule has 2 unspecified atom stereocenters. The van der Waals surface area contributed by atoms with Gasteiger partial charge in [-0.3, -0.25) is 48.9 Å². The monoisotopic (exact) mass is 792 g/mol. The summed E-state index contributed by atoms with van der Waals surface area (Å²) in [6.45, 7) is 4.48. The molecule has 5 N–H and O–H groups in total. The van der Waals surface area contributed by atoms with Gasteiger partial charge in [0, 0.05) is 80.2 Å². The van der Waals surface area contributed by atoms with Gasteiger partial charge in [0.2, 0.25) is 23.7 Å². The molecule has 59 heavy (non-hydrogen) atoms. The van der Waals surface area contributed by atoms with Crippen molar-refractivity contribution in [2.45, 2.75) is 38.4 Å². The SMILES string of the molecule is Cc1ccc(NC(=O)c2ccc(CN3CCN(C(=O)C(N)c4cccc5c4C(=O)N(C4CCC(=O)NC4=O)C5=O)CC3)cc2)cc1Nc1nccc(-c2cccnc2)n1. The van der Waals surface area contributed by atoms with Crippen LogP contribution in [0.4, 0.5) is 17.3 Å². The van der Waals surface area contributed by atoms with Crippen molar-refractivity contribution >= 4 is 52.8 Å². The van der Waals surface area contributed by atoms with Gasteiger partial charge in [-0.05, 0) is 78.6 Å². The highest BCUT2D eigenvalue weighted by Crippen LogP contribution is 2.33. The zero-order chi connectivity index (χ0) is 41.2. The van der Waals surface area contributed by atoms with Gasteiger partial charge in [-0.25, -0.2) is 9.97 Å². The van der Waals surface area contributed by atoms with Crippen LogP contribution < -0.4 is 21.7 Å². The van der Waals surface area contributed by atoms with E-state index < -0.39 is 35.7 Å². The lowest BCUT2D eigenvalue weighted by atomic mass is 9.96. The third-order valence-corrected chi connectivity index (χ3v) is 10.8. The lowest BCUT2D eigenvalue weighted by Gasteiger charge is -2.36. The molecule has 298 valence electrons. The van der Waals surface area contributed by atoms with Crippen LogP contribution in [0.5, 0.6) is 0 Å². The van der Waals surface area contributed by atoms with Crippen LogP contribution in [0.25, 0.3) is 11.3 Å². The first-order valence-corrected chi connectivity index (χ1v) is 19.2. The maximum absolute atomic E-state index is 13.7. The van der Waals surface area contributed by atoms with Crippen molar-refractivity contribution in [2.24, 2.45) is 5.73 Å². The van der Waals surface area contributed by atoms with Gasteiger partial charge in [-0.15, -0.1) is 0 Å². The number of piperazine rings is 1. The second-order valence-corrected chi connectivity index (χ2v) is 14.6. The number of anilines is 3. The maximum Gasteiger partial charge on any atom is 0.262 e. The third-order valence-electron chi connectivity index (χ3n) is 10.8. The summed E-state index contributed by atoms with van der Waals surface area (Å²) in [4.78, 5) is 95.8. The predicted molar refractivity (Wildman–Crippen MR) is 216 cm³/mol. The normalized spacial score (nSPS) is 17.4. The van der Waals surface area contributed by atoms with E-state index in [2.05, 4.69) is 35.8 Å². The third kappa shape index (κ3) is 8.03. The van der Waals surface area contributed by atoms with E-state index in [0.717, 1.165) is 33.0 Å². The second kappa shape index (κ2) is 16.4. The number of carbonyl (C=O) groups excluding carboxylic acids is 6. The van der Waals surface area contributed by atoms with Crippen LogP contribution >= 0.6 is 0 Å². The number of piperidine rings is 1. The summed E-state index contributed by atoms with van der Waals surface area (Å²) in [6, 6.07) is 20.8. The molecular weight excluding hydrogens is 753 g/mol.